The number of amides is 1. The molecule has 1 atom stereocenters. The number of likely N-dealkylation sites (tertiary alicyclic amines) is 1. The molecular weight excluding hydrogens is 438 g/mol. The number of aliphatic hydroxyl groups excluding tert-OH is 1. The molecule has 33 heavy (non-hydrogen) atoms. The molecule has 1 fully saturated rings. The summed E-state index contributed by atoms with van der Waals surface area (Å²) in [5, 5.41) is 28.5. The predicted octanol–water partition coefficient (Wildman–Crippen LogP) is 2.77. The van der Waals surface area contributed by atoms with E-state index in [1.807, 2.05) is 41.3 Å². The minimum atomic E-state index is -0.470. The van der Waals surface area contributed by atoms with Gasteiger partial charge in [-0.3, -0.25) is 9.48 Å². The van der Waals surface area contributed by atoms with Gasteiger partial charge in [0.1, 0.15) is 17.7 Å². The van der Waals surface area contributed by atoms with E-state index >= 15 is 0 Å². The van der Waals surface area contributed by atoms with E-state index < -0.39 is 6.61 Å². The summed E-state index contributed by atoms with van der Waals surface area (Å²) < 4.78 is 3.62. The lowest BCUT2D eigenvalue weighted by atomic mass is 10.1. The smallest absolute Gasteiger partial charge is 0.248 e. The highest BCUT2D eigenvalue weighted by Gasteiger charge is 2.25. The summed E-state index contributed by atoms with van der Waals surface area (Å²) in [4.78, 5) is 18.9. The summed E-state index contributed by atoms with van der Waals surface area (Å²) in [6.45, 7) is 0.725. The van der Waals surface area contributed by atoms with E-state index in [9.17, 15) is 15.2 Å². The fourth-order valence-electron chi connectivity index (χ4n) is 4.11. The topological polar surface area (TPSA) is 112 Å². The molecule has 0 radical (unpaired) electrons. The number of hydrogen-bond donors (Lipinski definition) is 1. The largest absolute Gasteiger partial charge is 0.387 e. The lowest BCUT2D eigenvalue weighted by molar-refractivity contribution is -0.135. The molecule has 166 valence electrons. The fraction of sp³-hybridized carbons (Fsp3) is 0.261. The molecular formula is C23H21N7O2S. The Bertz CT molecular complexity index is 1340. The first kappa shape index (κ1) is 21.2. The Morgan fingerprint density at radius 3 is 2.94 bits per heavy atom. The van der Waals surface area contributed by atoms with Crippen LogP contribution in [0.2, 0.25) is 0 Å². The van der Waals surface area contributed by atoms with Gasteiger partial charge in [0.25, 0.3) is 0 Å². The number of piperidine rings is 1. The molecule has 0 aliphatic carbocycles. The maximum absolute atomic E-state index is 11.9. The second-order valence-electron chi connectivity index (χ2n) is 7.83. The van der Waals surface area contributed by atoms with Crippen LogP contribution >= 0.6 is 11.8 Å². The first-order valence-electron chi connectivity index (χ1n) is 10.6. The normalized spacial score (nSPS) is 16.1. The zero-order chi connectivity index (χ0) is 22.8. The number of carbonyl (C=O) groups is 1. The molecule has 0 aromatic carbocycles. The number of rotatable bonds is 5. The van der Waals surface area contributed by atoms with Crippen LogP contribution in [-0.4, -0.2) is 60.0 Å². The van der Waals surface area contributed by atoms with Gasteiger partial charge in [0.15, 0.2) is 0 Å². The molecule has 1 aliphatic heterocycles. The molecule has 9 nitrogen and oxygen atoms in total. The molecule has 4 aromatic rings. The number of carbonyl (C=O) groups excluding carboxylic acids is 1. The highest BCUT2D eigenvalue weighted by atomic mass is 32.2. The number of fused-ring (bicyclic) bond motifs is 1. The highest BCUT2D eigenvalue weighted by Crippen LogP contribution is 2.35. The van der Waals surface area contributed by atoms with Crippen LogP contribution in [0.1, 0.15) is 24.4 Å². The van der Waals surface area contributed by atoms with Crippen molar-refractivity contribution in [2.45, 2.75) is 28.8 Å². The molecule has 0 saturated carbocycles. The van der Waals surface area contributed by atoms with Crippen molar-refractivity contribution in [2.24, 2.45) is 0 Å². The van der Waals surface area contributed by atoms with Crippen molar-refractivity contribution in [1.82, 2.24) is 29.3 Å². The third-order valence-electron chi connectivity index (χ3n) is 5.74. The highest BCUT2D eigenvalue weighted by molar-refractivity contribution is 7.99. The first-order chi connectivity index (χ1) is 16.2. The van der Waals surface area contributed by atoms with Gasteiger partial charge in [0.2, 0.25) is 5.91 Å². The minimum absolute atomic E-state index is 0.0593. The molecule has 5 heterocycles. The van der Waals surface area contributed by atoms with Gasteiger partial charge < -0.3 is 10.0 Å². The van der Waals surface area contributed by atoms with E-state index in [4.69, 9.17) is 0 Å². The van der Waals surface area contributed by atoms with Crippen molar-refractivity contribution in [1.29, 1.82) is 5.26 Å². The second-order valence-corrected chi connectivity index (χ2v) is 8.89. The zero-order valence-corrected chi connectivity index (χ0v) is 18.5. The minimum Gasteiger partial charge on any atom is -0.387 e. The van der Waals surface area contributed by atoms with Crippen LogP contribution in [0, 0.1) is 11.3 Å². The lowest BCUT2D eigenvalue weighted by Gasteiger charge is -2.32. The van der Waals surface area contributed by atoms with Gasteiger partial charge in [0, 0.05) is 47.7 Å². The molecule has 0 unspecified atom stereocenters. The second kappa shape index (κ2) is 9.05. The first-order valence-corrected chi connectivity index (χ1v) is 11.4. The molecule has 1 aliphatic rings. The average molecular weight is 460 g/mol. The Hall–Kier alpha value is -3.68. The van der Waals surface area contributed by atoms with E-state index in [1.54, 1.807) is 28.0 Å². The Morgan fingerprint density at radius 1 is 1.24 bits per heavy atom. The third-order valence-corrected chi connectivity index (χ3v) is 6.72. The molecule has 0 spiro atoms. The van der Waals surface area contributed by atoms with Gasteiger partial charge in [-0.15, -0.1) is 0 Å². The average Bonchev–Trinajstić information content (AvgIpc) is 3.52. The predicted molar refractivity (Wildman–Crippen MR) is 121 cm³/mol. The van der Waals surface area contributed by atoms with Gasteiger partial charge in [-0.1, -0.05) is 17.8 Å². The van der Waals surface area contributed by atoms with E-state index in [1.165, 1.54) is 11.8 Å². The van der Waals surface area contributed by atoms with Crippen LogP contribution in [-0.2, 0) is 4.79 Å². The molecule has 1 amide bonds. The van der Waals surface area contributed by atoms with Crippen LogP contribution in [0.5, 0.6) is 0 Å². The van der Waals surface area contributed by atoms with Crippen molar-refractivity contribution in [2.75, 3.05) is 19.7 Å². The van der Waals surface area contributed by atoms with E-state index in [-0.39, 0.29) is 11.9 Å². The summed E-state index contributed by atoms with van der Waals surface area (Å²) in [6, 6.07) is 10.0. The number of nitrogens with zero attached hydrogens (tertiary/aromatic N) is 7. The quantitative estimate of drug-likeness (QED) is 0.488. The van der Waals surface area contributed by atoms with Crippen molar-refractivity contribution >= 4 is 23.2 Å². The van der Waals surface area contributed by atoms with E-state index in [0.717, 1.165) is 39.4 Å². The van der Waals surface area contributed by atoms with Gasteiger partial charge in [-0.2, -0.15) is 15.5 Å². The molecule has 5 rings (SSSR count). The molecule has 1 N–H and O–H groups in total. The lowest BCUT2D eigenvalue weighted by Crippen LogP contribution is -2.42. The van der Waals surface area contributed by atoms with Crippen LogP contribution in [0.25, 0.3) is 16.6 Å². The van der Waals surface area contributed by atoms with E-state index in [2.05, 4.69) is 21.3 Å². The maximum Gasteiger partial charge on any atom is 0.248 e. The number of aromatic nitrogens is 5. The van der Waals surface area contributed by atoms with Gasteiger partial charge >= 0.3 is 0 Å². The van der Waals surface area contributed by atoms with Crippen LogP contribution in [0.3, 0.4) is 0 Å². The Kier molecular flexibility index (Phi) is 5.81. The number of aliphatic hydroxyl groups is 1. The number of hydrogen-bond acceptors (Lipinski definition) is 7. The zero-order valence-electron chi connectivity index (χ0n) is 17.7. The van der Waals surface area contributed by atoms with Crippen LogP contribution in [0.4, 0.5) is 0 Å². The van der Waals surface area contributed by atoms with Gasteiger partial charge in [-0.05, 0) is 31.0 Å². The SMILES string of the molecule is N#Cc1cnn2cc(-c3cnn([C@H]4CCCN(C(=O)CO)C4)c3)cc(Sc3ccccn3)c12. The summed E-state index contributed by atoms with van der Waals surface area (Å²) in [5.74, 6) is -0.249. The summed E-state index contributed by atoms with van der Waals surface area (Å²) >= 11 is 1.48. The van der Waals surface area contributed by atoms with Crippen LogP contribution in [0.15, 0.2) is 65.2 Å². The summed E-state index contributed by atoms with van der Waals surface area (Å²) in [6.07, 6.45) is 10.8. The van der Waals surface area contributed by atoms with Crippen molar-refractivity contribution < 1.29 is 9.90 Å². The third kappa shape index (κ3) is 4.20. The maximum atomic E-state index is 11.9. The molecule has 1 saturated heterocycles. The Morgan fingerprint density at radius 2 is 2.15 bits per heavy atom. The summed E-state index contributed by atoms with van der Waals surface area (Å²) in [7, 11) is 0. The standard InChI is InChI=1S/C23H21N7O2S/c24-9-17-10-27-30-12-16(8-20(23(17)30)33-21-5-1-2-6-25-21)18-11-26-29(13-18)19-4-3-7-28(14-19)22(32)15-31/h1-2,5-6,8,10-13,19,31H,3-4,7,14-15H2/t19-/m0/s1. The Labute approximate surface area is 194 Å². The number of pyridine rings is 2. The monoisotopic (exact) mass is 459 g/mol. The fourth-order valence-corrected chi connectivity index (χ4v) is 5.08. The van der Waals surface area contributed by atoms with Crippen LogP contribution < -0.4 is 0 Å². The summed E-state index contributed by atoms with van der Waals surface area (Å²) in [5.41, 5.74) is 3.08. The van der Waals surface area contributed by atoms with Gasteiger partial charge in [0.05, 0.1) is 29.5 Å². The van der Waals surface area contributed by atoms with Crippen molar-refractivity contribution in [3.8, 4) is 17.2 Å². The van der Waals surface area contributed by atoms with E-state index in [0.29, 0.717) is 18.7 Å². The number of nitriles is 1. The molecule has 10 heteroatoms. The van der Waals surface area contributed by atoms with Crippen molar-refractivity contribution in [3.05, 3.63) is 60.8 Å². The molecule has 4 aromatic heterocycles. The Balaban J connectivity index is 1.49. The molecule has 0 bridgehead atoms. The van der Waals surface area contributed by atoms with Gasteiger partial charge in [-0.25, -0.2) is 9.50 Å². The van der Waals surface area contributed by atoms with Crippen molar-refractivity contribution in [3.63, 3.8) is 0 Å².